The van der Waals surface area contributed by atoms with Crippen LogP contribution in [0, 0.1) is 5.82 Å². The summed E-state index contributed by atoms with van der Waals surface area (Å²) in [5.41, 5.74) is 8.05. The molecule has 2 nitrogen and oxygen atoms in total. The molecule has 0 amide bonds. The zero-order valence-corrected chi connectivity index (χ0v) is 11.7. The second-order valence-electron chi connectivity index (χ2n) is 4.78. The maximum Gasteiger partial charge on any atom is 0.125 e. The molecule has 0 radical (unpaired) electrons. The Bertz CT molecular complexity index is 709. The number of nitrogens with two attached hydrogens (primary N) is 1. The monoisotopic (exact) mass is 286 g/mol. The van der Waals surface area contributed by atoms with Crippen LogP contribution in [0.1, 0.15) is 23.0 Å². The summed E-state index contributed by atoms with van der Waals surface area (Å²) in [6.45, 7) is 0. The predicted octanol–water partition coefficient (Wildman–Crippen LogP) is 4.07. The Kier molecular flexibility index (Phi) is 3.76. The number of benzene rings is 2. The average molecular weight is 286 g/mol. The number of aryl methyl sites for hydroxylation is 1. The van der Waals surface area contributed by atoms with Crippen molar-refractivity contribution in [2.24, 2.45) is 5.73 Å². The van der Waals surface area contributed by atoms with Crippen molar-refractivity contribution >= 4 is 21.6 Å². The molecular formula is C16H15FN2S. The second kappa shape index (κ2) is 5.69. The van der Waals surface area contributed by atoms with E-state index in [4.69, 9.17) is 5.73 Å². The van der Waals surface area contributed by atoms with Gasteiger partial charge in [0.15, 0.2) is 0 Å². The fraction of sp³-hybridized carbons (Fsp3) is 0.188. The molecular weight excluding hydrogens is 271 g/mol. The topological polar surface area (TPSA) is 38.9 Å². The number of hydrogen-bond donors (Lipinski definition) is 1. The van der Waals surface area contributed by atoms with Gasteiger partial charge in [0.1, 0.15) is 5.82 Å². The summed E-state index contributed by atoms with van der Waals surface area (Å²) in [5.74, 6) is -0.240. The molecule has 0 fully saturated rings. The van der Waals surface area contributed by atoms with Crippen LogP contribution in [0.5, 0.6) is 0 Å². The Balaban J connectivity index is 1.71. The minimum atomic E-state index is -0.240. The lowest BCUT2D eigenvalue weighted by atomic mass is 10.0. The van der Waals surface area contributed by atoms with Gasteiger partial charge in [-0.25, -0.2) is 9.37 Å². The molecule has 1 aromatic heterocycles. The third kappa shape index (κ3) is 2.86. The fourth-order valence-electron chi connectivity index (χ4n) is 2.20. The van der Waals surface area contributed by atoms with Crippen molar-refractivity contribution in [1.29, 1.82) is 0 Å². The van der Waals surface area contributed by atoms with E-state index in [1.54, 1.807) is 17.4 Å². The van der Waals surface area contributed by atoms with Gasteiger partial charge < -0.3 is 5.73 Å². The Morgan fingerprint density at radius 1 is 1.15 bits per heavy atom. The first-order chi connectivity index (χ1) is 9.72. The summed E-state index contributed by atoms with van der Waals surface area (Å²) >= 11 is 1.61. The number of fused-ring (bicyclic) bond motifs is 1. The number of aromatic nitrogens is 1. The van der Waals surface area contributed by atoms with Crippen molar-refractivity contribution in [1.82, 2.24) is 4.98 Å². The second-order valence-corrected chi connectivity index (χ2v) is 5.89. The fourth-order valence-corrected chi connectivity index (χ4v) is 3.16. The van der Waals surface area contributed by atoms with E-state index in [1.165, 1.54) is 12.1 Å². The van der Waals surface area contributed by atoms with Gasteiger partial charge in [0.25, 0.3) is 0 Å². The van der Waals surface area contributed by atoms with Crippen molar-refractivity contribution in [3.63, 3.8) is 0 Å². The number of halogens is 1. The van der Waals surface area contributed by atoms with Crippen LogP contribution in [0.15, 0.2) is 48.5 Å². The quantitative estimate of drug-likeness (QED) is 0.785. The highest BCUT2D eigenvalue weighted by atomic mass is 32.1. The van der Waals surface area contributed by atoms with Crippen molar-refractivity contribution < 1.29 is 4.39 Å². The van der Waals surface area contributed by atoms with E-state index < -0.39 is 0 Å². The summed E-state index contributed by atoms with van der Waals surface area (Å²) in [5, 5.41) is 1.01. The SMILES string of the molecule is NC(CCc1nc2cc(F)ccc2s1)c1ccccc1. The Labute approximate surface area is 121 Å². The first kappa shape index (κ1) is 13.2. The highest BCUT2D eigenvalue weighted by Crippen LogP contribution is 2.25. The highest BCUT2D eigenvalue weighted by molar-refractivity contribution is 7.18. The smallest absolute Gasteiger partial charge is 0.125 e. The predicted molar refractivity (Wildman–Crippen MR) is 81.3 cm³/mol. The molecule has 0 bridgehead atoms. The molecule has 102 valence electrons. The molecule has 0 spiro atoms. The van der Waals surface area contributed by atoms with Gasteiger partial charge in [-0.3, -0.25) is 0 Å². The van der Waals surface area contributed by atoms with Crippen molar-refractivity contribution in [2.75, 3.05) is 0 Å². The van der Waals surface area contributed by atoms with E-state index in [2.05, 4.69) is 4.98 Å². The maximum absolute atomic E-state index is 13.1. The maximum atomic E-state index is 13.1. The molecule has 4 heteroatoms. The van der Waals surface area contributed by atoms with E-state index >= 15 is 0 Å². The van der Waals surface area contributed by atoms with Gasteiger partial charge in [0, 0.05) is 18.5 Å². The van der Waals surface area contributed by atoms with E-state index in [0.29, 0.717) is 0 Å². The molecule has 1 heterocycles. The Morgan fingerprint density at radius 3 is 2.75 bits per heavy atom. The molecule has 2 aromatic carbocycles. The van der Waals surface area contributed by atoms with Crippen molar-refractivity contribution in [3.05, 3.63) is 64.9 Å². The minimum absolute atomic E-state index is 0.0138. The summed E-state index contributed by atoms with van der Waals surface area (Å²) < 4.78 is 14.1. The third-order valence-electron chi connectivity index (χ3n) is 3.29. The van der Waals surface area contributed by atoms with Gasteiger partial charge in [-0.2, -0.15) is 0 Å². The van der Waals surface area contributed by atoms with Crippen LogP contribution in [-0.2, 0) is 6.42 Å². The first-order valence-corrected chi connectivity index (χ1v) is 7.39. The molecule has 3 aromatic rings. The minimum Gasteiger partial charge on any atom is -0.324 e. The van der Waals surface area contributed by atoms with E-state index in [0.717, 1.165) is 33.6 Å². The summed E-state index contributed by atoms with van der Waals surface area (Å²) in [6.07, 6.45) is 1.66. The lowest BCUT2D eigenvalue weighted by Crippen LogP contribution is -2.10. The van der Waals surface area contributed by atoms with Crippen LogP contribution in [0.25, 0.3) is 10.2 Å². The van der Waals surface area contributed by atoms with Crippen LogP contribution in [0.3, 0.4) is 0 Å². The normalized spacial score (nSPS) is 12.7. The average Bonchev–Trinajstić information content (AvgIpc) is 2.87. The summed E-state index contributed by atoms with van der Waals surface area (Å²) in [6, 6.07) is 14.8. The largest absolute Gasteiger partial charge is 0.324 e. The molecule has 0 aliphatic rings. The summed E-state index contributed by atoms with van der Waals surface area (Å²) in [4.78, 5) is 4.46. The first-order valence-electron chi connectivity index (χ1n) is 6.58. The van der Waals surface area contributed by atoms with Crippen LogP contribution < -0.4 is 5.73 Å². The van der Waals surface area contributed by atoms with Crippen molar-refractivity contribution in [2.45, 2.75) is 18.9 Å². The lowest BCUT2D eigenvalue weighted by molar-refractivity contribution is 0.629. The molecule has 20 heavy (non-hydrogen) atoms. The van der Waals surface area contributed by atoms with Crippen LogP contribution in [0.2, 0.25) is 0 Å². The molecule has 1 unspecified atom stereocenters. The van der Waals surface area contributed by atoms with Gasteiger partial charge in [-0.1, -0.05) is 30.3 Å². The third-order valence-corrected chi connectivity index (χ3v) is 4.39. The molecule has 0 aliphatic heterocycles. The number of hydrogen-bond acceptors (Lipinski definition) is 3. The zero-order valence-electron chi connectivity index (χ0n) is 10.9. The van der Waals surface area contributed by atoms with Crippen LogP contribution >= 0.6 is 11.3 Å². The Morgan fingerprint density at radius 2 is 1.95 bits per heavy atom. The van der Waals surface area contributed by atoms with Crippen molar-refractivity contribution in [3.8, 4) is 0 Å². The number of nitrogens with zero attached hydrogens (tertiary/aromatic N) is 1. The number of thiazole rings is 1. The standard InChI is InChI=1S/C16H15FN2S/c17-12-6-8-15-14(10-12)19-16(20-15)9-7-13(18)11-4-2-1-3-5-11/h1-6,8,10,13H,7,9,18H2. The molecule has 1 atom stereocenters. The van der Waals surface area contributed by atoms with Gasteiger partial charge in [-0.15, -0.1) is 11.3 Å². The van der Waals surface area contributed by atoms with E-state index in [1.807, 2.05) is 30.3 Å². The van der Waals surface area contributed by atoms with Gasteiger partial charge in [-0.05, 0) is 24.1 Å². The highest BCUT2D eigenvalue weighted by Gasteiger charge is 2.09. The van der Waals surface area contributed by atoms with E-state index in [-0.39, 0.29) is 11.9 Å². The summed E-state index contributed by atoms with van der Waals surface area (Å²) in [7, 11) is 0. The van der Waals surface area contributed by atoms with Gasteiger partial charge in [0.2, 0.25) is 0 Å². The van der Waals surface area contributed by atoms with Crippen LogP contribution in [0.4, 0.5) is 4.39 Å². The molecule has 3 rings (SSSR count). The molecule has 0 saturated carbocycles. The van der Waals surface area contributed by atoms with Crippen LogP contribution in [-0.4, -0.2) is 4.98 Å². The number of rotatable bonds is 4. The molecule has 0 aliphatic carbocycles. The molecule has 2 N–H and O–H groups in total. The van der Waals surface area contributed by atoms with Gasteiger partial charge in [0.05, 0.1) is 15.2 Å². The Hall–Kier alpha value is -1.78. The van der Waals surface area contributed by atoms with E-state index in [9.17, 15) is 4.39 Å². The zero-order chi connectivity index (χ0) is 13.9. The van der Waals surface area contributed by atoms with Gasteiger partial charge >= 0.3 is 0 Å². The molecule has 0 saturated heterocycles. The lowest BCUT2D eigenvalue weighted by Gasteiger charge is -2.10.